The van der Waals surface area contributed by atoms with Crippen molar-refractivity contribution in [3.05, 3.63) is 47.0 Å². The van der Waals surface area contributed by atoms with Gasteiger partial charge in [-0.1, -0.05) is 11.6 Å². The van der Waals surface area contributed by atoms with Gasteiger partial charge in [-0.05, 0) is 44.2 Å². The van der Waals surface area contributed by atoms with Gasteiger partial charge in [-0.25, -0.2) is 0 Å². The number of benzene rings is 2. The number of halogens is 4. The van der Waals surface area contributed by atoms with E-state index in [9.17, 15) is 18.0 Å². The van der Waals surface area contributed by atoms with Crippen LogP contribution in [0.25, 0.3) is 0 Å². The van der Waals surface area contributed by atoms with Crippen molar-refractivity contribution in [1.29, 1.82) is 0 Å². The van der Waals surface area contributed by atoms with Crippen LogP contribution in [0.2, 0.25) is 5.02 Å². The summed E-state index contributed by atoms with van der Waals surface area (Å²) in [7, 11) is 0. The van der Waals surface area contributed by atoms with Crippen LogP contribution in [0.15, 0.2) is 36.4 Å². The summed E-state index contributed by atoms with van der Waals surface area (Å²) in [6.07, 6.45) is -4.58. The number of carbonyl (C=O) groups excluding carboxylic acids is 1. The van der Waals surface area contributed by atoms with Gasteiger partial charge in [-0.3, -0.25) is 4.79 Å². The zero-order valence-electron chi connectivity index (χ0n) is 15.3. The van der Waals surface area contributed by atoms with E-state index in [4.69, 9.17) is 21.1 Å². The molecule has 0 aromatic heterocycles. The average molecular weight is 417 g/mol. The van der Waals surface area contributed by atoms with Gasteiger partial charge in [-0.15, -0.1) is 0 Å². The van der Waals surface area contributed by atoms with Gasteiger partial charge >= 0.3 is 6.18 Å². The maximum Gasteiger partial charge on any atom is 0.417 e. The lowest BCUT2D eigenvalue weighted by Gasteiger charge is -2.15. The average Bonchev–Trinajstić information content (AvgIpc) is 2.62. The Balaban J connectivity index is 2.07. The molecule has 2 aromatic carbocycles. The highest BCUT2D eigenvalue weighted by Crippen LogP contribution is 2.36. The molecule has 0 aliphatic rings. The minimum absolute atomic E-state index is 0.125. The number of ether oxygens (including phenoxy) is 2. The van der Waals surface area contributed by atoms with Gasteiger partial charge in [0.15, 0.2) is 0 Å². The van der Waals surface area contributed by atoms with E-state index in [2.05, 4.69) is 10.6 Å². The number of amides is 1. The van der Waals surface area contributed by atoms with Gasteiger partial charge in [0.25, 0.3) is 0 Å². The fourth-order valence-corrected chi connectivity index (χ4v) is 2.60. The Morgan fingerprint density at radius 2 is 1.79 bits per heavy atom. The minimum atomic E-state index is -4.58. The van der Waals surface area contributed by atoms with Gasteiger partial charge < -0.3 is 20.1 Å². The normalized spacial score (nSPS) is 11.1. The van der Waals surface area contributed by atoms with E-state index in [-0.39, 0.29) is 12.2 Å². The molecular formula is C19H20ClF3N2O3. The Hall–Kier alpha value is -2.61. The summed E-state index contributed by atoms with van der Waals surface area (Å²) >= 11 is 5.59. The zero-order valence-corrected chi connectivity index (χ0v) is 16.1. The van der Waals surface area contributed by atoms with Gasteiger partial charge in [0.05, 0.1) is 36.0 Å². The number of nitrogens with one attached hydrogen (secondary N) is 2. The molecule has 1 amide bonds. The van der Waals surface area contributed by atoms with Crippen molar-refractivity contribution >= 4 is 28.9 Å². The molecule has 2 rings (SSSR count). The highest BCUT2D eigenvalue weighted by Gasteiger charge is 2.33. The van der Waals surface area contributed by atoms with Crippen LogP contribution in [0.4, 0.5) is 24.5 Å². The summed E-state index contributed by atoms with van der Waals surface area (Å²) in [5.74, 6) is 0.560. The Bertz CT molecular complexity index is 829. The van der Waals surface area contributed by atoms with Gasteiger partial charge in [0, 0.05) is 11.8 Å². The molecule has 152 valence electrons. The van der Waals surface area contributed by atoms with E-state index >= 15 is 0 Å². The van der Waals surface area contributed by atoms with Crippen LogP contribution in [0.5, 0.6) is 11.5 Å². The predicted octanol–water partition coefficient (Wildman–Crippen LogP) is 5.21. The van der Waals surface area contributed by atoms with E-state index in [0.29, 0.717) is 30.4 Å². The van der Waals surface area contributed by atoms with Crippen molar-refractivity contribution in [1.82, 2.24) is 0 Å². The molecule has 5 nitrogen and oxygen atoms in total. The van der Waals surface area contributed by atoms with Crippen molar-refractivity contribution in [3.63, 3.8) is 0 Å². The second kappa shape index (κ2) is 9.54. The predicted molar refractivity (Wildman–Crippen MR) is 102 cm³/mol. The van der Waals surface area contributed by atoms with Crippen LogP contribution in [0.1, 0.15) is 19.4 Å². The number of carbonyl (C=O) groups is 1. The third-order valence-electron chi connectivity index (χ3n) is 3.56. The molecule has 2 aromatic rings. The van der Waals surface area contributed by atoms with E-state index in [1.54, 1.807) is 18.2 Å². The van der Waals surface area contributed by atoms with Crippen molar-refractivity contribution in [3.8, 4) is 11.5 Å². The summed E-state index contributed by atoms with van der Waals surface area (Å²) in [5, 5.41) is 4.91. The molecule has 0 atom stereocenters. The number of alkyl halides is 3. The standard InChI is InChI=1S/C19H20ClF3N2O3/c1-3-27-13-6-8-17(28-4-2)16(10-13)25-18(26)11-24-12-5-7-15(20)14(9-12)19(21,22)23/h5-10,24H,3-4,11H2,1-2H3,(H,25,26). The Morgan fingerprint density at radius 3 is 2.43 bits per heavy atom. The molecule has 0 bridgehead atoms. The second-order valence-electron chi connectivity index (χ2n) is 5.62. The topological polar surface area (TPSA) is 59.6 Å². The van der Waals surface area contributed by atoms with E-state index in [1.807, 2.05) is 13.8 Å². The molecule has 0 saturated carbocycles. The summed E-state index contributed by atoms with van der Waals surface area (Å²) in [6.45, 7) is 4.26. The lowest BCUT2D eigenvalue weighted by Crippen LogP contribution is -2.22. The van der Waals surface area contributed by atoms with Crippen LogP contribution >= 0.6 is 11.6 Å². The number of rotatable bonds is 8. The third-order valence-corrected chi connectivity index (χ3v) is 3.89. The first-order valence-corrected chi connectivity index (χ1v) is 8.92. The smallest absolute Gasteiger partial charge is 0.417 e. The van der Waals surface area contributed by atoms with E-state index in [1.165, 1.54) is 6.07 Å². The first kappa shape index (κ1) is 21.7. The molecule has 0 saturated heterocycles. The Morgan fingerprint density at radius 1 is 1.07 bits per heavy atom. The van der Waals surface area contributed by atoms with Crippen LogP contribution in [0.3, 0.4) is 0 Å². The first-order valence-electron chi connectivity index (χ1n) is 8.54. The fourth-order valence-electron chi connectivity index (χ4n) is 2.37. The second-order valence-corrected chi connectivity index (χ2v) is 6.03. The molecule has 9 heteroatoms. The quantitative estimate of drug-likeness (QED) is 0.620. The molecule has 0 spiro atoms. The van der Waals surface area contributed by atoms with E-state index in [0.717, 1.165) is 12.1 Å². The maximum atomic E-state index is 12.9. The monoisotopic (exact) mass is 416 g/mol. The molecule has 28 heavy (non-hydrogen) atoms. The molecule has 0 fully saturated rings. The summed E-state index contributed by atoms with van der Waals surface area (Å²) in [4.78, 5) is 12.2. The first-order chi connectivity index (χ1) is 13.2. The van der Waals surface area contributed by atoms with Crippen LogP contribution in [0, 0.1) is 0 Å². The minimum Gasteiger partial charge on any atom is -0.494 e. The third kappa shape index (κ3) is 5.95. The summed E-state index contributed by atoms with van der Waals surface area (Å²) < 4.78 is 49.6. The highest BCUT2D eigenvalue weighted by atomic mass is 35.5. The Kier molecular flexibility index (Phi) is 7.39. The van der Waals surface area contributed by atoms with Crippen molar-refractivity contribution in [2.75, 3.05) is 30.4 Å². The van der Waals surface area contributed by atoms with Gasteiger partial charge in [-0.2, -0.15) is 13.2 Å². The fraction of sp³-hybridized carbons (Fsp3) is 0.316. The largest absolute Gasteiger partial charge is 0.494 e. The highest BCUT2D eigenvalue weighted by molar-refractivity contribution is 6.31. The van der Waals surface area contributed by atoms with Gasteiger partial charge in [0.1, 0.15) is 11.5 Å². The summed E-state index contributed by atoms with van der Waals surface area (Å²) in [5.41, 5.74) is -0.436. The van der Waals surface area contributed by atoms with Crippen molar-refractivity contribution < 1.29 is 27.4 Å². The molecule has 0 aliphatic carbocycles. The molecule has 0 aliphatic heterocycles. The number of hydrogen-bond donors (Lipinski definition) is 2. The molecule has 0 unspecified atom stereocenters. The maximum absolute atomic E-state index is 12.9. The van der Waals surface area contributed by atoms with Crippen LogP contribution in [-0.2, 0) is 11.0 Å². The molecular weight excluding hydrogens is 397 g/mol. The molecule has 0 heterocycles. The van der Waals surface area contributed by atoms with Crippen molar-refractivity contribution in [2.24, 2.45) is 0 Å². The zero-order chi connectivity index (χ0) is 20.7. The number of anilines is 2. The number of hydrogen-bond acceptors (Lipinski definition) is 4. The van der Waals surface area contributed by atoms with Crippen LogP contribution < -0.4 is 20.1 Å². The van der Waals surface area contributed by atoms with Crippen LogP contribution in [-0.4, -0.2) is 25.7 Å². The van der Waals surface area contributed by atoms with Gasteiger partial charge in [0.2, 0.25) is 5.91 Å². The van der Waals surface area contributed by atoms with E-state index < -0.39 is 22.7 Å². The lowest BCUT2D eigenvalue weighted by atomic mass is 10.2. The summed E-state index contributed by atoms with van der Waals surface area (Å²) in [6, 6.07) is 8.37. The molecule has 0 radical (unpaired) electrons. The Labute approximate surface area is 165 Å². The molecule has 2 N–H and O–H groups in total. The SMILES string of the molecule is CCOc1ccc(OCC)c(NC(=O)CNc2ccc(Cl)c(C(F)(F)F)c2)c1. The van der Waals surface area contributed by atoms with Crippen molar-refractivity contribution in [2.45, 2.75) is 20.0 Å². The lowest BCUT2D eigenvalue weighted by molar-refractivity contribution is -0.137.